The van der Waals surface area contributed by atoms with Crippen molar-refractivity contribution in [3.63, 3.8) is 0 Å². The monoisotopic (exact) mass is 315 g/mol. The van der Waals surface area contributed by atoms with Gasteiger partial charge in [-0.05, 0) is 59.8 Å². The van der Waals surface area contributed by atoms with Crippen LogP contribution in [0.5, 0.6) is 0 Å². The lowest BCUT2D eigenvalue weighted by molar-refractivity contribution is -0.143. The van der Waals surface area contributed by atoms with Crippen molar-refractivity contribution in [1.29, 1.82) is 0 Å². The number of piperidine rings is 1. The summed E-state index contributed by atoms with van der Waals surface area (Å²) in [5.41, 5.74) is 3.81. The van der Waals surface area contributed by atoms with Crippen LogP contribution in [0, 0.1) is 12.8 Å². The molecule has 1 saturated heterocycles. The van der Waals surface area contributed by atoms with Gasteiger partial charge in [0.25, 0.3) is 0 Å². The number of hydrogen-bond acceptors (Lipinski definition) is 3. The molecule has 3 nitrogen and oxygen atoms in total. The highest BCUT2D eigenvalue weighted by atomic mass is 32.1. The van der Waals surface area contributed by atoms with Crippen molar-refractivity contribution >= 4 is 17.3 Å². The molecule has 1 aromatic carbocycles. The molecule has 0 radical (unpaired) electrons. The summed E-state index contributed by atoms with van der Waals surface area (Å²) >= 11 is 1.70. The first-order valence-corrected chi connectivity index (χ1v) is 8.65. The molecule has 1 aromatic heterocycles. The van der Waals surface area contributed by atoms with E-state index in [1.165, 1.54) is 16.7 Å². The number of likely N-dealkylation sites (tertiary alicyclic amines) is 1. The highest BCUT2D eigenvalue weighted by Crippen LogP contribution is 2.35. The van der Waals surface area contributed by atoms with E-state index in [1.54, 1.807) is 11.3 Å². The molecule has 3 rings (SSSR count). The summed E-state index contributed by atoms with van der Waals surface area (Å²) in [7, 11) is 0. The zero-order valence-electron chi connectivity index (χ0n) is 12.7. The minimum absolute atomic E-state index is 0.162. The van der Waals surface area contributed by atoms with Crippen molar-refractivity contribution < 1.29 is 9.90 Å². The van der Waals surface area contributed by atoms with Gasteiger partial charge in [0, 0.05) is 6.54 Å². The van der Waals surface area contributed by atoms with Crippen molar-refractivity contribution in [3.8, 4) is 0 Å². The number of aryl methyl sites for hydroxylation is 1. The SMILES string of the molecule is Cc1ccccc1C(c1ccsc1)N1CCCC(C(=O)O)C1. The van der Waals surface area contributed by atoms with E-state index in [0.717, 1.165) is 19.4 Å². The Morgan fingerprint density at radius 2 is 2.18 bits per heavy atom. The average molecular weight is 315 g/mol. The van der Waals surface area contributed by atoms with Crippen molar-refractivity contribution in [2.75, 3.05) is 13.1 Å². The number of carboxylic acid groups (broad SMARTS) is 1. The summed E-state index contributed by atoms with van der Waals surface area (Å²) in [4.78, 5) is 13.7. The van der Waals surface area contributed by atoms with Gasteiger partial charge in [0.05, 0.1) is 12.0 Å². The number of aliphatic carboxylic acids is 1. The molecule has 1 fully saturated rings. The number of thiophene rings is 1. The van der Waals surface area contributed by atoms with Gasteiger partial charge in [0.1, 0.15) is 0 Å². The van der Waals surface area contributed by atoms with Gasteiger partial charge in [-0.3, -0.25) is 9.69 Å². The van der Waals surface area contributed by atoms with E-state index in [0.29, 0.717) is 6.54 Å². The Kier molecular flexibility index (Phi) is 4.60. The lowest BCUT2D eigenvalue weighted by Gasteiger charge is -2.37. The molecule has 1 N–H and O–H groups in total. The van der Waals surface area contributed by atoms with Crippen LogP contribution in [-0.4, -0.2) is 29.1 Å². The van der Waals surface area contributed by atoms with Gasteiger partial charge in [-0.25, -0.2) is 0 Å². The van der Waals surface area contributed by atoms with E-state index >= 15 is 0 Å². The van der Waals surface area contributed by atoms with E-state index in [4.69, 9.17) is 0 Å². The molecule has 0 bridgehead atoms. The number of carbonyl (C=O) groups is 1. The molecular formula is C18H21NO2S. The summed E-state index contributed by atoms with van der Waals surface area (Å²) < 4.78 is 0. The smallest absolute Gasteiger partial charge is 0.307 e. The van der Waals surface area contributed by atoms with Crippen LogP contribution in [0.1, 0.15) is 35.6 Å². The number of hydrogen-bond donors (Lipinski definition) is 1. The topological polar surface area (TPSA) is 40.5 Å². The Bertz CT molecular complexity index is 638. The minimum atomic E-state index is -0.668. The lowest BCUT2D eigenvalue weighted by Crippen LogP contribution is -2.41. The van der Waals surface area contributed by atoms with E-state index < -0.39 is 5.97 Å². The molecule has 0 saturated carbocycles. The quantitative estimate of drug-likeness (QED) is 0.929. The van der Waals surface area contributed by atoms with Crippen LogP contribution in [0.2, 0.25) is 0 Å². The second-order valence-electron chi connectivity index (χ2n) is 5.99. The zero-order chi connectivity index (χ0) is 15.5. The van der Waals surface area contributed by atoms with Crippen LogP contribution in [0.15, 0.2) is 41.1 Å². The summed E-state index contributed by atoms with van der Waals surface area (Å²) in [5, 5.41) is 13.6. The molecule has 2 unspecified atom stereocenters. The van der Waals surface area contributed by atoms with E-state index in [-0.39, 0.29) is 12.0 Å². The van der Waals surface area contributed by atoms with Gasteiger partial charge in [-0.1, -0.05) is 24.3 Å². The second kappa shape index (κ2) is 6.63. The molecule has 22 heavy (non-hydrogen) atoms. The van der Waals surface area contributed by atoms with Gasteiger partial charge in [0.15, 0.2) is 0 Å². The van der Waals surface area contributed by atoms with Crippen LogP contribution in [0.25, 0.3) is 0 Å². The molecule has 2 heterocycles. The van der Waals surface area contributed by atoms with E-state index in [2.05, 4.69) is 52.9 Å². The van der Waals surface area contributed by atoms with Gasteiger partial charge < -0.3 is 5.11 Å². The Balaban J connectivity index is 1.96. The number of nitrogens with zero attached hydrogens (tertiary/aromatic N) is 1. The minimum Gasteiger partial charge on any atom is -0.481 e. The molecule has 4 heteroatoms. The lowest BCUT2D eigenvalue weighted by atomic mass is 9.91. The molecule has 0 aliphatic carbocycles. The Morgan fingerprint density at radius 1 is 1.36 bits per heavy atom. The first-order chi connectivity index (χ1) is 10.7. The third kappa shape index (κ3) is 3.08. The highest BCUT2D eigenvalue weighted by molar-refractivity contribution is 7.08. The Morgan fingerprint density at radius 3 is 2.86 bits per heavy atom. The molecule has 0 amide bonds. The standard InChI is InChI=1S/C18H21NO2S/c1-13-5-2-3-7-16(13)17(15-8-10-22-12-15)19-9-4-6-14(11-19)18(20)21/h2-3,5,7-8,10,12,14,17H,4,6,9,11H2,1H3,(H,20,21). The molecule has 2 atom stereocenters. The van der Waals surface area contributed by atoms with Gasteiger partial charge in [-0.15, -0.1) is 0 Å². The van der Waals surface area contributed by atoms with Crippen LogP contribution in [-0.2, 0) is 4.79 Å². The molecule has 1 aliphatic heterocycles. The molecule has 1 aliphatic rings. The number of carboxylic acids is 1. The fraction of sp³-hybridized carbons (Fsp3) is 0.389. The largest absolute Gasteiger partial charge is 0.481 e. The molecule has 116 valence electrons. The van der Waals surface area contributed by atoms with Crippen LogP contribution in [0.4, 0.5) is 0 Å². The molecule has 0 spiro atoms. The third-order valence-electron chi connectivity index (χ3n) is 4.51. The Labute approximate surface area is 135 Å². The zero-order valence-corrected chi connectivity index (χ0v) is 13.6. The maximum absolute atomic E-state index is 11.4. The van der Waals surface area contributed by atoms with Gasteiger partial charge in [0.2, 0.25) is 0 Å². The summed E-state index contributed by atoms with van der Waals surface area (Å²) in [6.45, 7) is 3.72. The third-order valence-corrected chi connectivity index (χ3v) is 5.21. The van der Waals surface area contributed by atoms with Crippen molar-refractivity contribution in [1.82, 2.24) is 4.90 Å². The maximum Gasteiger partial charge on any atom is 0.307 e. The average Bonchev–Trinajstić information content (AvgIpc) is 3.04. The predicted molar refractivity (Wildman–Crippen MR) is 89.3 cm³/mol. The predicted octanol–water partition coefficient (Wildman–Crippen LogP) is 3.94. The van der Waals surface area contributed by atoms with Crippen LogP contribution in [0.3, 0.4) is 0 Å². The highest BCUT2D eigenvalue weighted by Gasteiger charge is 2.31. The number of benzene rings is 1. The van der Waals surface area contributed by atoms with Crippen molar-refractivity contribution in [3.05, 3.63) is 57.8 Å². The summed E-state index contributed by atoms with van der Waals surface area (Å²) in [6.07, 6.45) is 1.74. The summed E-state index contributed by atoms with van der Waals surface area (Å²) in [5.74, 6) is -0.919. The first kappa shape index (κ1) is 15.3. The fourth-order valence-electron chi connectivity index (χ4n) is 3.35. The van der Waals surface area contributed by atoms with Gasteiger partial charge >= 0.3 is 5.97 Å². The maximum atomic E-state index is 11.4. The van der Waals surface area contributed by atoms with Crippen molar-refractivity contribution in [2.45, 2.75) is 25.8 Å². The number of rotatable bonds is 4. The van der Waals surface area contributed by atoms with E-state index in [9.17, 15) is 9.90 Å². The van der Waals surface area contributed by atoms with Crippen molar-refractivity contribution in [2.24, 2.45) is 5.92 Å². The van der Waals surface area contributed by atoms with Crippen LogP contribution < -0.4 is 0 Å². The molecular weight excluding hydrogens is 294 g/mol. The fourth-order valence-corrected chi connectivity index (χ4v) is 4.03. The van der Waals surface area contributed by atoms with E-state index in [1.807, 2.05) is 0 Å². The summed E-state index contributed by atoms with van der Waals surface area (Å²) in [6, 6.07) is 10.7. The molecule has 2 aromatic rings. The Hall–Kier alpha value is -1.65. The van der Waals surface area contributed by atoms with Crippen LogP contribution >= 0.6 is 11.3 Å². The first-order valence-electron chi connectivity index (χ1n) is 7.71. The second-order valence-corrected chi connectivity index (χ2v) is 6.77. The normalized spacial score (nSPS) is 20.7. The van der Waals surface area contributed by atoms with Gasteiger partial charge in [-0.2, -0.15) is 11.3 Å².